The lowest BCUT2D eigenvalue weighted by Gasteiger charge is -2.37. The second-order valence-corrected chi connectivity index (χ2v) is 6.69. The molecule has 1 aliphatic rings. The summed E-state index contributed by atoms with van der Waals surface area (Å²) in [5, 5.41) is 2.93. The van der Waals surface area contributed by atoms with Crippen molar-refractivity contribution in [3.63, 3.8) is 0 Å². The molecule has 144 valence electrons. The van der Waals surface area contributed by atoms with Crippen molar-refractivity contribution in [2.24, 2.45) is 0 Å². The lowest BCUT2D eigenvalue weighted by Crippen LogP contribution is -2.50. The number of piperazine rings is 1. The van der Waals surface area contributed by atoms with Gasteiger partial charge in [0.1, 0.15) is 0 Å². The summed E-state index contributed by atoms with van der Waals surface area (Å²) in [7, 11) is 0. The van der Waals surface area contributed by atoms with Gasteiger partial charge in [-0.1, -0.05) is 30.3 Å². The Kier molecular flexibility index (Phi) is 5.30. The van der Waals surface area contributed by atoms with Gasteiger partial charge in [0.2, 0.25) is 0 Å². The van der Waals surface area contributed by atoms with Crippen LogP contribution in [0.4, 0.5) is 29.3 Å². The van der Waals surface area contributed by atoms with E-state index < -0.39 is 11.7 Å². The molecule has 27 heavy (non-hydrogen) atoms. The molecular weight excluding hydrogens is 355 g/mol. The first-order valence-electron chi connectivity index (χ1n) is 8.80. The van der Waals surface area contributed by atoms with E-state index in [1.165, 1.54) is 12.1 Å². The molecule has 0 aromatic heterocycles. The molecule has 0 atom stereocenters. The first-order chi connectivity index (χ1) is 12.8. The zero-order chi connectivity index (χ0) is 19.6. The minimum absolute atomic E-state index is 0.166. The quantitative estimate of drug-likeness (QED) is 0.825. The van der Waals surface area contributed by atoms with Gasteiger partial charge in [0, 0.05) is 37.6 Å². The normalized spacial score (nSPS) is 15.0. The van der Waals surface area contributed by atoms with E-state index in [2.05, 4.69) is 5.32 Å². The van der Waals surface area contributed by atoms with E-state index in [0.29, 0.717) is 26.2 Å². The third-order valence-corrected chi connectivity index (χ3v) is 4.83. The number of nitrogens with one attached hydrogen (secondary N) is 1. The van der Waals surface area contributed by atoms with Gasteiger partial charge >= 0.3 is 12.2 Å². The Morgan fingerprint density at radius 1 is 0.926 bits per heavy atom. The van der Waals surface area contributed by atoms with Gasteiger partial charge in [0.05, 0.1) is 5.56 Å². The number of para-hydroxylation sites is 2. The molecule has 0 radical (unpaired) electrons. The fourth-order valence-corrected chi connectivity index (χ4v) is 3.34. The van der Waals surface area contributed by atoms with Gasteiger partial charge in [-0.15, -0.1) is 0 Å². The van der Waals surface area contributed by atoms with Crippen molar-refractivity contribution < 1.29 is 18.0 Å². The maximum absolute atomic E-state index is 13.2. The average molecular weight is 377 g/mol. The molecule has 0 unspecified atom stereocenters. The monoisotopic (exact) mass is 377 g/mol. The number of nitrogens with zero attached hydrogens (tertiary/aromatic N) is 2. The van der Waals surface area contributed by atoms with Gasteiger partial charge in [0.25, 0.3) is 0 Å². The summed E-state index contributed by atoms with van der Waals surface area (Å²) in [6, 6.07) is 11.1. The maximum Gasteiger partial charge on any atom is 0.418 e. The first-order valence-corrected chi connectivity index (χ1v) is 8.80. The molecule has 1 heterocycles. The first kappa shape index (κ1) is 19.1. The Morgan fingerprint density at radius 2 is 1.52 bits per heavy atom. The van der Waals surface area contributed by atoms with E-state index in [-0.39, 0.29) is 11.7 Å². The van der Waals surface area contributed by atoms with E-state index in [4.69, 9.17) is 0 Å². The molecule has 2 aromatic carbocycles. The summed E-state index contributed by atoms with van der Waals surface area (Å²) in [6.45, 7) is 5.29. The van der Waals surface area contributed by atoms with Crippen LogP contribution < -0.4 is 10.2 Å². The number of amides is 2. The molecule has 0 bridgehead atoms. The van der Waals surface area contributed by atoms with Gasteiger partial charge in [-0.2, -0.15) is 13.2 Å². The minimum Gasteiger partial charge on any atom is -0.367 e. The molecule has 1 saturated heterocycles. The molecule has 2 aromatic rings. The van der Waals surface area contributed by atoms with Crippen LogP contribution in [0.2, 0.25) is 0 Å². The Balaban J connectivity index is 1.67. The lowest BCUT2D eigenvalue weighted by atomic mass is 10.1. The highest BCUT2D eigenvalue weighted by atomic mass is 19.4. The molecule has 1 aliphatic heterocycles. The third-order valence-electron chi connectivity index (χ3n) is 4.83. The number of benzene rings is 2. The zero-order valence-corrected chi connectivity index (χ0v) is 15.3. The third kappa shape index (κ3) is 4.18. The van der Waals surface area contributed by atoms with Crippen molar-refractivity contribution in [2.75, 3.05) is 36.4 Å². The van der Waals surface area contributed by atoms with Crippen LogP contribution in [0.3, 0.4) is 0 Å². The highest BCUT2D eigenvalue weighted by Gasteiger charge is 2.35. The van der Waals surface area contributed by atoms with Gasteiger partial charge in [-0.3, -0.25) is 0 Å². The Bertz CT molecular complexity index is 807. The van der Waals surface area contributed by atoms with Crippen molar-refractivity contribution in [2.45, 2.75) is 20.0 Å². The van der Waals surface area contributed by atoms with Crippen LogP contribution in [-0.2, 0) is 6.18 Å². The number of hydrogen-bond acceptors (Lipinski definition) is 2. The van der Waals surface area contributed by atoms with Crippen molar-refractivity contribution in [1.82, 2.24) is 4.90 Å². The number of carbonyl (C=O) groups excluding carboxylic acids is 1. The average Bonchev–Trinajstić information content (AvgIpc) is 2.64. The zero-order valence-electron chi connectivity index (χ0n) is 15.3. The molecule has 0 aliphatic carbocycles. The number of anilines is 2. The van der Waals surface area contributed by atoms with Gasteiger partial charge in [-0.25, -0.2) is 4.79 Å². The van der Waals surface area contributed by atoms with Crippen LogP contribution in [0.25, 0.3) is 0 Å². The van der Waals surface area contributed by atoms with Crippen LogP contribution in [0.1, 0.15) is 16.7 Å². The fraction of sp³-hybridized carbons (Fsp3) is 0.350. The second kappa shape index (κ2) is 7.50. The Hall–Kier alpha value is -2.70. The van der Waals surface area contributed by atoms with Gasteiger partial charge in [0.15, 0.2) is 0 Å². The summed E-state index contributed by atoms with van der Waals surface area (Å²) >= 11 is 0. The molecule has 2 amide bonds. The van der Waals surface area contributed by atoms with Crippen molar-refractivity contribution in [3.8, 4) is 0 Å². The van der Waals surface area contributed by atoms with Crippen molar-refractivity contribution in [1.29, 1.82) is 0 Å². The lowest BCUT2D eigenvalue weighted by molar-refractivity contribution is -0.137. The van der Waals surface area contributed by atoms with E-state index in [0.717, 1.165) is 22.9 Å². The molecular formula is C20H22F3N3O. The second-order valence-electron chi connectivity index (χ2n) is 6.69. The largest absolute Gasteiger partial charge is 0.418 e. The molecule has 0 spiro atoms. The van der Waals surface area contributed by atoms with Crippen LogP contribution in [0.15, 0.2) is 42.5 Å². The number of alkyl halides is 3. The summed E-state index contributed by atoms with van der Waals surface area (Å²) in [5.74, 6) is 0. The molecule has 7 heteroatoms. The van der Waals surface area contributed by atoms with Crippen molar-refractivity contribution >= 4 is 17.4 Å². The molecule has 0 saturated carbocycles. The van der Waals surface area contributed by atoms with Crippen LogP contribution in [0.5, 0.6) is 0 Å². The van der Waals surface area contributed by atoms with E-state index in [9.17, 15) is 18.0 Å². The molecule has 4 nitrogen and oxygen atoms in total. The Labute approximate surface area is 156 Å². The number of aryl methyl sites for hydroxylation is 2. The van der Waals surface area contributed by atoms with E-state index >= 15 is 0 Å². The smallest absolute Gasteiger partial charge is 0.367 e. The highest BCUT2D eigenvalue weighted by molar-refractivity contribution is 5.91. The molecule has 3 rings (SSSR count). The maximum atomic E-state index is 13.2. The number of carbonyl (C=O) groups is 1. The van der Waals surface area contributed by atoms with E-state index in [1.807, 2.05) is 32.0 Å². The SMILES string of the molecule is Cc1cccc(C)c1NC(=O)N1CCN(c2ccccc2C(F)(F)F)CC1. The van der Waals surface area contributed by atoms with E-state index in [1.54, 1.807) is 15.9 Å². The fourth-order valence-electron chi connectivity index (χ4n) is 3.34. The standard InChI is InChI=1S/C20H22F3N3O/c1-14-6-5-7-15(2)18(14)24-19(27)26-12-10-25(11-13-26)17-9-4-3-8-16(17)20(21,22)23/h3-9H,10-13H2,1-2H3,(H,24,27). The number of rotatable bonds is 2. The number of urea groups is 1. The van der Waals surface area contributed by atoms with Crippen molar-refractivity contribution in [3.05, 3.63) is 59.2 Å². The van der Waals surface area contributed by atoms with Crippen LogP contribution in [-0.4, -0.2) is 37.1 Å². The summed E-state index contributed by atoms with van der Waals surface area (Å²) in [6.07, 6.45) is -4.40. The topological polar surface area (TPSA) is 35.6 Å². The summed E-state index contributed by atoms with van der Waals surface area (Å²) in [4.78, 5) is 15.9. The molecule has 1 fully saturated rings. The number of halogens is 3. The van der Waals surface area contributed by atoms with Crippen LogP contribution >= 0.6 is 0 Å². The molecule has 1 N–H and O–H groups in total. The van der Waals surface area contributed by atoms with Crippen LogP contribution in [0, 0.1) is 13.8 Å². The highest BCUT2D eigenvalue weighted by Crippen LogP contribution is 2.36. The van der Waals surface area contributed by atoms with Gasteiger partial charge < -0.3 is 15.1 Å². The predicted octanol–water partition coefficient (Wildman–Crippen LogP) is 4.68. The minimum atomic E-state index is -4.40. The summed E-state index contributed by atoms with van der Waals surface area (Å²) in [5.41, 5.74) is 2.26. The van der Waals surface area contributed by atoms with Gasteiger partial charge in [-0.05, 0) is 37.1 Å². The Morgan fingerprint density at radius 3 is 2.11 bits per heavy atom. The predicted molar refractivity (Wildman–Crippen MR) is 100 cm³/mol. The summed E-state index contributed by atoms with van der Waals surface area (Å²) < 4.78 is 39.7. The number of hydrogen-bond donors (Lipinski definition) is 1.